The summed E-state index contributed by atoms with van der Waals surface area (Å²) >= 11 is 3.40. The summed E-state index contributed by atoms with van der Waals surface area (Å²) in [6.07, 6.45) is 1.63. The quantitative estimate of drug-likeness (QED) is 0.554. The number of anilines is 2. The van der Waals surface area contributed by atoms with Gasteiger partial charge in [-0.2, -0.15) is 10.1 Å². The smallest absolute Gasteiger partial charge is 0.262 e. The predicted octanol–water partition coefficient (Wildman–Crippen LogP) is 3.31. The summed E-state index contributed by atoms with van der Waals surface area (Å²) in [5.74, 6) is 0.865. The second kappa shape index (κ2) is 8.76. The second-order valence-electron chi connectivity index (χ2n) is 7.00. The lowest BCUT2D eigenvalue weighted by Gasteiger charge is -2.24. The number of nitrogens with zero attached hydrogens (tertiary/aromatic N) is 3. The van der Waals surface area contributed by atoms with E-state index in [1.165, 1.54) is 13.4 Å². The number of ether oxygens (including phenoxy) is 2. The minimum Gasteiger partial charge on any atom is -0.493 e. The van der Waals surface area contributed by atoms with Crippen molar-refractivity contribution in [3.8, 4) is 11.5 Å². The van der Waals surface area contributed by atoms with Crippen molar-refractivity contribution in [2.45, 2.75) is 19.4 Å². The number of rotatable bonds is 6. The van der Waals surface area contributed by atoms with Gasteiger partial charge in [-0.25, -0.2) is 4.68 Å². The zero-order valence-electron chi connectivity index (χ0n) is 16.9. The Morgan fingerprint density at radius 3 is 2.90 bits per heavy atom. The van der Waals surface area contributed by atoms with Crippen LogP contribution in [0.25, 0.3) is 0 Å². The molecule has 2 aromatic carbocycles. The van der Waals surface area contributed by atoms with Crippen molar-refractivity contribution in [2.75, 3.05) is 24.4 Å². The van der Waals surface area contributed by atoms with Gasteiger partial charge in [0, 0.05) is 10.2 Å². The molecule has 0 spiro atoms. The molecule has 10 heteroatoms. The standard InChI is InChI=1S/C21H20BrN5O4/c1-12-7-14(22)4-5-15(12)25-20(29)10-31-17-6-3-13(8-18(17)30-2)16-9-19(28)26-21-23-11-24-27(16)21/h3-8,11,16H,9-10H2,1-2H3,(H,25,29)(H,23,24,26,28). The molecule has 160 valence electrons. The van der Waals surface area contributed by atoms with E-state index in [-0.39, 0.29) is 30.9 Å². The van der Waals surface area contributed by atoms with Gasteiger partial charge in [0.25, 0.3) is 5.91 Å². The Bertz CT molecular complexity index is 1150. The van der Waals surface area contributed by atoms with Gasteiger partial charge < -0.3 is 14.8 Å². The first-order chi connectivity index (χ1) is 14.9. The van der Waals surface area contributed by atoms with Crippen LogP contribution in [0.1, 0.15) is 23.6 Å². The van der Waals surface area contributed by atoms with Crippen molar-refractivity contribution in [3.05, 3.63) is 58.3 Å². The molecule has 4 rings (SSSR count). The summed E-state index contributed by atoms with van der Waals surface area (Å²) < 4.78 is 13.7. The zero-order chi connectivity index (χ0) is 22.0. The van der Waals surface area contributed by atoms with Crippen LogP contribution in [0.5, 0.6) is 11.5 Å². The number of carbonyl (C=O) groups is 2. The predicted molar refractivity (Wildman–Crippen MR) is 117 cm³/mol. The zero-order valence-corrected chi connectivity index (χ0v) is 18.5. The van der Waals surface area contributed by atoms with Crippen molar-refractivity contribution in [2.24, 2.45) is 0 Å². The minimum atomic E-state index is -0.308. The van der Waals surface area contributed by atoms with E-state index >= 15 is 0 Å². The van der Waals surface area contributed by atoms with E-state index in [1.807, 2.05) is 31.2 Å². The number of nitrogens with one attached hydrogen (secondary N) is 2. The van der Waals surface area contributed by atoms with Crippen LogP contribution in [-0.2, 0) is 9.59 Å². The van der Waals surface area contributed by atoms with Gasteiger partial charge in [-0.05, 0) is 48.4 Å². The molecule has 0 bridgehead atoms. The van der Waals surface area contributed by atoms with E-state index in [0.29, 0.717) is 17.4 Å². The van der Waals surface area contributed by atoms with E-state index in [0.717, 1.165) is 21.3 Å². The topological polar surface area (TPSA) is 107 Å². The normalized spacial score (nSPS) is 15.1. The Labute approximate surface area is 186 Å². The van der Waals surface area contributed by atoms with Gasteiger partial charge in [-0.3, -0.25) is 14.9 Å². The fraction of sp³-hybridized carbons (Fsp3) is 0.238. The van der Waals surface area contributed by atoms with Crippen molar-refractivity contribution < 1.29 is 19.1 Å². The average Bonchev–Trinajstić information content (AvgIpc) is 3.22. The Balaban J connectivity index is 1.47. The molecule has 31 heavy (non-hydrogen) atoms. The van der Waals surface area contributed by atoms with Crippen LogP contribution in [-0.4, -0.2) is 40.3 Å². The Hall–Kier alpha value is -3.40. The molecule has 2 N–H and O–H groups in total. The van der Waals surface area contributed by atoms with Crippen LogP contribution in [0.15, 0.2) is 47.2 Å². The average molecular weight is 486 g/mol. The fourth-order valence-electron chi connectivity index (χ4n) is 3.37. The molecular weight excluding hydrogens is 466 g/mol. The number of benzene rings is 2. The molecule has 1 unspecified atom stereocenters. The van der Waals surface area contributed by atoms with E-state index < -0.39 is 0 Å². The van der Waals surface area contributed by atoms with Crippen LogP contribution in [0, 0.1) is 6.92 Å². The molecule has 2 amide bonds. The summed E-state index contributed by atoms with van der Waals surface area (Å²) in [5, 5.41) is 9.72. The third-order valence-electron chi connectivity index (χ3n) is 4.89. The highest BCUT2D eigenvalue weighted by molar-refractivity contribution is 9.10. The third kappa shape index (κ3) is 4.53. The summed E-state index contributed by atoms with van der Waals surface area (Å²) in [6.45, 7) is 1.74. The molecule has 1 aromatic heterocycles. The van der Waals surface area contributed by atoms with Crippen LogP contribution in [0.3, 0.4) is 0 Å². The second-order valence-corrected chi connectivity index (χ2v) is 7.92. The van der Waals surface area contributed by atoms with Gasteiger partial charge >= 0.3 is 0 Å². The molecule has 2 heterocycles. The van der Waals surface area contributed by atoms with Gasteiger partial charge in [0.1, 0.15) is 6.33 Å². The number of hydrogen-bond acceptors (Lipinski definition) is 6. The van der Waals surface area contributed by atoms with Crippen LogP contribution >= 0.6 is 15.9 Å². The number of aromatic nitrogens is 3. The van der Waals surface area contributed by atoms with Crippen LogP contribution in [0.2, 0.25) is 0 Å². The Kier molecular flexibility index (Phi) is 5.90. The Morgan fingerprint density at radius 2 is 2.13 bits per heavy atom. The number of carbonyl (C=O) groups excluding carboxylic acids is 2. The number of fused-ring (bicyclic) bond motifs is 1. The number of amides is 2. The van der Waals surface area contributed by atoms with Gasteiger partial charge in [-0.1, -0.05) is 22.0 Å². The van der Waals surface area contributed by atoms with Gasteiger partial charge in [0.05, 0.1) is 19.6 Å². The van der Waals surface area contributed by atoms with E-state index in [4.69, 9.17) is 9.47 Å². The van der Waals surface area contributed by atoms with Crippen molar-refractivity contribution >= 4 is 39.4 Å². The minimum absolute atomic E-state index is 0.135. The van der Waals surface area contributed by atoms with E-state index in [2.05, 4.69) is 36.6 Å². The molecular formula is C21H20BrN5O4. The summed E-state index contributed by atoms with van der Waals surface area (Å²) in [6, 6.07) is 10.6. The molecule has 1 atom stereocenters. The van der Waals surface area contributed by atoms with Gasteiger partial charge in [-0.15, -0.1) is 0 Å². The molecule has 0 saturated carbocycles. The first-order valence-electron chi connectivity index (χ1n) is 9.50. The molecule has 0 aliphatic carbocycles. The fourth-order valence-corrected chi connectivity index (χ4v) is 3.85. The lowest BCUT2D eigenvalue weighted by molar-refractivity contribution is -0.118. The molecule has 0 fully saturated rings. The third-order valence-corrected chi connectivity index (χ3v) is 5.39. The molecule has 9 nitrogen and oxygen atoms in total. The van der Waals surface area contributed by atoms with Crippen LogP contribution in [0.4, 0.5) is 11.6 Å². The van der Waals surface area contributed by atoms with Gasteiger partial charge in [0.15, 0.2) is 18.1 Å². The number of methoxy groups -OCH3 is 1. The highest BCUT2D eigenvalue weighted by atomic mass is 79.9. The maximum Gasteiger partial charge on any atom is 0.262 e. The molecule has 3 aromatic rings. The lowest BCUT2D eigenvalue weighted by Crippen LogP contribution is -2.29. The van der Waals surface area contributed by atoms with E-state index in [9.17, 15) is 9.59 Å². The summed E-state index contributed by atoms with van der Waals surface area (Å²) in [7, 11) is 1.52. The number of halogens is 1. The highest BCUT2D eigenvalue weighted by Crippen LogP contribution is 2.35. The summed E-state index contributed by atoms with van der Waals surface area (Å²) in [4.78, 5) is 28.4. The molecule has 0 radical (unpaired) electrons. The lowest BCUT2D eigenvalue weighted by atomic mass is 10.0. The van der Waals surface area contributed by atoms with Crippen LogP contribution < -0.4 is 20.1 Å². The van der Waals surface area contributed by atoms with Crippen molar-refractivity contribution in [1.29, 1.82) is 0 Å². The highest BCUT2D eigenvalue weighted by Gasteiger charge is 2.28. The van der Waals surface area contributed by atoms with Gasteiger partial charge in [0.2, 0.25) is 11.9 Å². The molecule has 1 aliphatic rings. The first-order valence-corrected chi connectivity index (χ1v) is 10.3. The van der Waals surface area contributed by atoms with Crippen molar-refractivity contribution in [1.82, 2.24) is 14.8 Å². The molecule has 1 aliphatic heterocycles. The Morgan fingerprint density at radius 1 is 1.29 bits per heavy atom. The maximum absolute atomic E-state index is 12.3. The summed E-state index contributed by atoms with van der Waals surface area (Å²) in [5.41, 5.74) is 2.48. The number of aryl methyl sites for hydroxylation is 1. The maximum atomic E-state index is 12.3. The van der Waals surface area contributed by atoms with Crippen molar-refractivity contribution in [3.63, 3.8) is 0 Å². The van der Waals surface area contributed by atoms with E-state index in [1.54, 1.807) is 16.8 Å². The monoisotopic (exact) mass is 485 g/mol. The largest absolute Gasteiger partial charge is 0.493 e. The first kappa shape index (κ1) is 20.9. The molecule has 0 saturated heterocycles. The number of hydrogen-bond donors (Lipinski definition) is 2. The SMILES string of the molecule is COc1cc(C2CC(=O)Nc3ncnn32)ccc1OCC(=O)Nc1ccc(Br)cc1C.